The summed E-state index contributed by atoms with van der Waals surface area (Å²) in [6, 6.07) is 17.6. The number of carbonyl (C=O) groups excluding carboxylic acids is 1. The molecule has 6 heteroatoms. The number of likely N-dealkylation sites (N-methyl/N-ethyl adjacent to an activating group) is 1. The molecule has 1 N–H and O–H groups in total. The van der Waals surface area contributed by atoms with Gasteiger partial charge in [-0.1, -0.05) is 48.5 Å². The molecule has 2 heterocycles. The monoisotopic (exact) mass is 444 g/mol. The van der Waals surface area contributed by atoms with Crippen molar-refractivity contribution in [2.24, 2.45) is 0 Å². The minimum atomic E-state index is -1.38. The van der Waals surface area contributed by atoms with Crippen molar-refractivity contribution in [1.82, 2.24) is 9.97 Å². The third-order valence-corrected chi connectivity index (χ3v) is 7.59. The van der Waals surface area contributed by atoms with Crippen LogP contribution in [0.3, 0.4) is 0 Å². The van der Waals surface area contributed by atoms with E-state index in [1.807, 2.05) is 54.6 Å². The Morgan fingerprint density at radius 2 is 1.73 bits per heavy atom. The second-order valence-corrected chi connectivity index (χ2v) is 9.42. The number of ether oxygens (including phenoxy) is 1. The van der Waals surface area contributed by atoms with Crippen molar-refractivity contribution in [2.75, 3.05) is 20.1 Å². The zero-order chi connectivity index (χ0) is 22.9. The number of fused-ring (bicyclic) bond motifs is 3. The molecular weight excluding hydrogens is 414 g/mol. The Bertz CT molecular complexity index is 1090. The Morgan fingerprint density at radius 1 is 1.09 bits per heavy atom. The van der Waals surface area contributed by atoms with E-state index < -0.39 is 11.7 Å². The third-order valence-electron chi connectivity index (χ3n) is 7.59. The summed E-state index contributed by atoms with van der Waals surface area (Å²) in [6.45, 7) is 2.39. The average molecular weight is 445 g/mol. The molecule has 1 fully saturated rings. The zero-order valence-electron chi connectivity index (χ0n) is 18.9. The standard InChI is InChI=1S/C27H30N3O3/c1-30(18-7-14-25-28-15-8-16-29-25)17-6-13-24(30)26(33-19-31)27(32)22-11-4-2-9-20(22)21-10-3-5-12-23(21)27/h2-5,8-12,15-16,19,24,26,32H,6-7,13-14,17-18H2,1H3/q+1. The van der Waals surface area contributed by atoms with E-state index >= 15 is 0 Å². The lowest BCUT2D eigenvalue weighted by atomic mass is 9.81. The van der Waals surface area contributed by atoms with Crippen molar-refractivity contribution in [2.45, 2.75) is 43.4 Å². The lowest BCUT2D eigenvalue weighted by Gasteiger charge is -2.44. The predicted octanol–water partition coefficient (Wildman–Crippen LogP) is 3.48. The highest BCUT2D eigenvalue weighted by Gasteiger charge is 2.57. The predicted molar refractivity (Wildman–Crippen MR) is 125 cm³/mol. The van der Waals surface area contributed by atoms with Gasteiger partial charge in [-0.2, -0.15) is 0 Å². The van der Waals surface area contributed by atoms with Crippen LogP contribution in [0.25, 0.3) is 11.1 Å². The molecule has 170 valence electrons. The molecule has 33 heavy (non-hydrogen) atoms. The summed E-state index contributed by atoms with van der Waals surface area (Å²) in [6.07, 6.45) is 6.52. The van der Waals surface area contributed by atoms with E-state index in [-0.39, 0.29) is 6.04 Å². The highest BCUT2D eigenvalue weighted by molar-refractivity contribution is 5.80. The maximum atomic E-state index is 12.4. The zero-order valence-corrected chi connectivity index (χ0v) is 18.9. The number of quaternary nitrogens is 1. The number of aryl methyl sites for hydroxylation is 1. The maximum absolute atomic E-state index is 12.4. The van der Waals surface area contributed by atoms with Crippen molar-refractivity contribution >= 4 is 6.47 Å². The van der Waals surface area contributed by atoms with Gasteiger partial charge in [-0.25, -0.2) is 9.97 Å². The second-order valence-electron chi connectivity index (χ2n) is 9.42. The molecule has 3 unspecified atom stereocenters. The molecule has 0 bridgehead atoms. The van der Waals surface area contributed by atoms with E-state index in [0.717, 1.165) is 71.3 Å². The first-order valence-electron chi connectivity index (χ1n) is 11.7. The van der Waals surface area contributed by atoms with E-state index in [0.29, 0.717) is 6.47 Å². The van der Waals surface area contributed by atoms with Crippen LogP contribution in [0.5, 0.6) is 0 Å². The van der Waals surface area contributed by atoms with Crippen molar-refractivity contribution < 1.29 is 19.1 Å². The van der Waals surface area contributed by atoms with Crippen LogP contribution < -0.4 is 0 Å². The maximum Gasteiger partial charge on any atom is 0.293 e. The summed E-state index contributed by atoms with van der Waals surface area (Å²) >= 11 is 0. The van der Waals surface area contributed by atoms with Gasteiger partial charge in [0.1, 0.15) is 11.9 Å². The molecule has 2 aromatic carbocycles. The van der Waals surface area contributed by atoms with Crippen molar-refractivity contribution in [3.05, 3.63) is 83.9 Å². The van der Waals surface area contributed by atoms with Crippen LogP contribution in [0.15, 0.2) is 67.0 Å². The van der Waals surface area contributed by atoms with Crippen molar-refractivity contribution in [3.8, 4) is 11.1 Å². The van der Waals surface area contributed by atoms with Gasteiger partial charge in [-0.05, 0) is 28.3 Å². The first kappa shape index (κ1) is 21.7. The van der Waals surface area contributed by atoms with Crippen molar-refractivity contribution in [1.29, 1.82) is 0 Å². The fraction of sp³-hybridized carbons (Fsp3) is 0.370. The van der Waals surface area contributed by atoms with Gasteiger partial charge in [-0.15, -0.1) is 0 Å². The van der Waals surface area contributed by atoms with Gasteiger partial charge < -0.3 is 14.3 Å². The third kappa shape index (κ3) is 3.63. The Balaban J connectivity index is 1.48. The number of benzene rings is 2. The molecule has 0 saturated carbocycles. The summed E-state index contributed by atoms with van der Waals surface area (Å²) < 4.78 is 6.56. The van der Waals surface area contributed by atoms with E-state index in [4.69, 9.17) is 4.74 Å². The van der Waals surface area contributed by atoms with E-state index in [2.05, 4.69) is 17.0 Å². The Hall–Kier alpha value is -3.09. The molecule has 1 aliphatic carbocycles. The van der Waals surface area contributed by atoms with E-state index in [1.165, 1.54) is 0 Å². The molecule has 5 rings (SSSR count). The molecule has 0 spiro atoms. The first-order chi connectivity index (χ1) is 16.1. The largest absolute Gasteiger partial charge is 0.454 e. The van der Waals surface area contributed by atoms with Gasteiger partial charge in [0.15, 0.2) is 11.7 Å². The Labute approximate surface area is 194 Å². The van der Waals surface area contributed by atoms with Crippen LogP contribution in [0.2, 0.25) is 0 Å². The fourth-order valence-corrected chi connectivity index (χ4v) is 6.03. The van der Waals surface area contributed by atoms with Gasteiger partial charge in [0.05, 0.1) is 20.1 Å². The summed E-state index contributed by atoms with van der Waals surface area (Å²) in [7, 11) is 2.22. The fourth-order valence-electron chi connectivity index (χ4n) is 6.03. The SMILES string of the molecule is C[N+]1(CCCc2ncccn2)CCCC1C(OC=O)C1(O)c2ccccc2-c2ccccc21. The molecular formula is C27H30N3O3+. The minimum absolute atomic E-state index is 0.0175. The number of hydrogen-bond acceptors (Lipinski definition) is 5. The summed E-state index contributed by atoms with van der Waals surface area (Å²) in [5.74, 6) is 0.845. The van der Waals surface area contributed by atoms with Crippen LogP contribution in [-0.2, 0) is 21.6 Å². The number of nitrogens with zero attached hydrogens (tertiary/aromatic N) is 3. The summed E-state index contributed by atoms with van der Waals surface area (Å²) in [5, 5.41) is 12.4. The van der Waals surface area contributed by atoms with Gasteiger partial charge in [-0.3, -0.25) is 4.79 Å². The lowest BCUT2D eigenvalue weighted by molar-refractivity contribution is -0.925. The van der Waals surface area contributed by atoms with Gasteiger partial charge in [0.25, 0.3) is 6.47 Å². The van der Waals surface area contributed by atoms with Crippen LogP contribution >= 0.6 is 0 Å². The van der Waals surface area contributed by atoms with Gasteiger partial charge in [0.2, 0.25) is 0 Å². The normalized spacial score (nSPS) is 23.5. The van der Waals surface area contributed by atoms with Crippen LogP contribution in [-0.4, -0.2) is 58.3 Å². The molecule has 0 amide bonds. The van der Waals surface area contributed by atoms with E-state index in [9.17, 15) is 9.90 Å². The van der Waals surface area contributed by atoms with E-state index in [1.54, 1.807) is 12.4 Å². The molecule has 3 aromatic rings. The summed E-state index contributed by atoms with van der Waals surface area (Å²) in [5.41, 5.74) is 2.25. The number of rotatable bonds is 8. The van der Waals surface area contributed by atoms with Crippen molar-refractivity contribution in [3.63, 3.8) is 0 Å². The van der Waals surface area contributed by atoms with Crippen LogP contribution in [0.1, 0.15) is 36.2 Å². The lowest BCUT2D eigenvalue weighted by Crippen LogP contribution is -2.60. The van der Waals surface area contributed by atoms with Crippen LogP contribution in [0, 0.1) is 0 Å². The molecule has 3 atom stereocenters. The number of carbonyl (C=O) groups is 1. The first-order valence-corrected chi connectivity index (χ1v) is 11.7. The number of hydrogen-bond donors (Lipinski definition) is 1. The summed E-state index contributed by atoms with van der Waals surface area (Å²) in [4.78, 5) is 20.4. The quantitative estimate of drug-likeness (QED) is 0.425. The molecule has 0 radical (unpaired) electrons. The highest BCUT2D eigenvalue weighted by atomic mass is 16.5. The molecule has 6 nitrogen and oxygen atoms in total. The Morgan fingerprint density at radius 3 is 2.36 bits per heavy atom. The molecule has 1 saturated heterocycles. The molecule has 2 aliphatic rings. The van der Waals surface area contributed by atoms with Gasteiger partial charge >= 0.3 is 0 Å². The number of aliphatic hydroxyl groups is 1. The van der Waals surface area contributed by atoms with Crippen LogP contribution in [0.4, 0.5) is 0 Å². The molecule has 1 aliphatic heterocycles. The smallest absolute Gasteiger partial charge is 0.293 e. The second kappa shape index (κ2) is 8.69. The number of aromatic nitrogens is 2. The van der Waals surface area contributed by atoms with Gasteiger partial charge in [0, 0.05) is 38.1 Å². The topological polar surface area (TPSA) is 72.3 Å². The average Bonchev–Trinajstić information content (AvgIpc) is 3.35. The highest BCUT2D eigenvalue weighted by Crippen LogP contribution is 2.52. The molecule has 1 aromatic heterocycles. The minimum Gasteiger partial charge on any atom is -0.454 e. The Kier molecular flexibility index (Phi) is 5.72. The number of likely N-dealkylation sites (tertiary alicyclic amines) is 1.